The van der Waals surface area contributed by atoms with Crippen molar-refractivity contribution in [3.8, 4) is 5.75 Å². The molecule has 1 nitrogen and oxygen atoms in total. The van der Waals surface area contributed by atoms with Crippen molar-refractivity contribution in [3.05, 3.63) is 62.3 Å². The van der Waals surface area contributed by atoms with Gasteiger partial charge in [0.25, 0.3) is 0 Å². The summed E-state index contributed by atoms with van der Waals surface area (Å²) in [5.41, 5.74) is 2.72. The lowest BCUT2D eigenvalue weighted by molar-refractivity contribution is 0.465. The first-order valence-electron chi connectivity index (χ1n) is 7.62. The summed E-state index contributed by atoms with van der Waals surface area (Å²) in [4.78, 5) is 0. The summed E-state index contributed by atoms with van der Waals surface area (Å²) in [5, 5.41) is 15.0. The molecule has 110 valence electrons. The predicted octanol–water partition coefficient (Wildman–Crippen LogP) is 4.87. The largest absolute Gasteiger partial charge is 0.507 e. The van der Waals surface area contributed by atoms with Crippen LogP contribution >= 0.6 is 0 Å². The van der Waals surface area contributed by atoms with Gasteiger partial charge in [-0.3, -0.25) is 0 Å². The lowest BCUT2D eigenvalue weighted by Gasteiger charge is -2.22. The van der Waals surface area contributed by atoms with Crippen molar-refractivity contribution < 1.29 is 5.11 Å². The van der Waals surface area contributed by atoms with E-state index in [4.69, 9.17) is 0 Å². The van der Waals surface area contributed by atoms with Crippen LogP contribution in [0.1, 0.15) is 52.7 Å². The summed E-state index contributed by atoms with van der Waals surface area (Å²) in [5.74, 6) is 0.411. The van der Waals surface area contributed by atoms with E-state index in [9.17, 15) is 5.11 Å². The van der Waals surface area contributed by atoms with Crippen molar-refractivity contribution in [2.75, 3.05) is 0 Å². The van der Waals surface area contributed by atoms with Gasteiger partial charge in [0, 0.05) is 5.22 Å². The van der Waals surface area contributed by atoms with E-state index >= 15 is 0 Å². The number of fused-ring (bicyclic) bond motifs is 2. The molecule has 1 heteroatoms. The molecule has 1 N–H and O–H groups in total. The van der Waals surface area contributed by atoms with Crippen LogP contribution in [0.2, 0.25) is 0 Å². The Kier molecular flexibility index (Phi) is 2.79. The average Bonchev–Trinajstić information content (AvgIpc) is 2.32. The van der Waals surface area contributed by atoms with E-state index in [1.807, 2.05) is 6.07 Å². The second-order valence-corrected chi connectivity index (χ2v) is 8.18. The first kappa shape index (κ1) is 14.2. The van der Waals surface area contributed by atoms with Crippen molar-refractivity contribution in [2.24, 2.45) is 0 Å². The fraction of sp³-hybridized carbons (Fsp3) is 0.400. The van der Waals surface area contributed by atoms with E-state index in [2.05, 4.69) is 65.8 Å². The normalized spacial score (nSPS) is 13.4. The van der Waals surface area contributed by atoms with Gasteiger partial charge in [-0.2, -0.15) is 0 Å². The maximum absolute atomic E-state index is 10.4. The first-order valence-corrected chi connectivity index (χ1v) is 7.62. The van der Waals surface area contributed by atoms with E-state index in [0.717, 1.165) is 5.22 Å². The van der Waals surface area contributed by atoms with E-state index < -0.39 is 0 Å². The second-order valence-electron chi connectivity index (χ2n) is 8.18. The number of phenols is 1. The second kappa shape index (κ2) is 4.13. The molecule has 1 aliphatic rings. The first-order chi connectivity index (χ1) is 9.59. The Morgan fingerprint density at radius 1 is 0.667 bits per heavy atom. The maximum atomic E-state index is 10.4. The molecule has 0 unspecified atom stereocenters. The third-order valence-electron chi connectivity index (χ3n) is 4.43. The van der Waals surface area contributed by atoms with Gasteiger partial charge < -0.3 is 5.11 Å². The summed E-state index contributed by atoms with van der Waals surface area (Å²) in [6.45, 7) is 13.2. The molecule has 0 radical (unpaired) electrons. The van der Waals surface area contributed by atoms with Gasteiger partial charge in [0.1, 0.15) is 5.75 Å². The minimum absolute atomic E-state index is 0.0455. The number of phenolic OH excluding ortho intramolecular Hbond substituents is 1. The zero-order valence-electron chi connectivity index (χ0n) is 13.8. The number of benzene rings is 2. The molecule has 3 rings (SSSR count). The molecule has 0 amide bonds. The highest BCUT2D eigenvalue weighted by molar-refractivity contribution is 5.43. The quantitative estimate of drug-likeness (QED) is 0.622. The molecule has 21 heavy (non-hydrogen) atoms. The Labute approximate surface area is 126 Å². The summed E-state index contributed by atoms with van der Waals surface area (Å²) >= 11 is 0. The molecule has 0 saturated heterocycles. The van der Waals surface area contributed by atoms with Crippen LogP contribution in [0.4, 0.5) is 0 Å². The predicted molar refractivity (Wildman–Crippen MR) is 87.3 cm³/mol. The van der Waals surface area contributed by atoms with Gasteiger partial charge >= 0.3 is 0 Å². The molecular weight excluding hydrogens is 256 g/mol. The van der Waals surface area contributed by atoms with Gasteiger partial charge in [-0.1, -0.05) is 53.7 Å². The highest BCUT2D eigenvalue weighted by Gasteiger charge is 2.19. The molecule has 0 heterocycles. The van der Waals surface area contributed by atoms with Crippen LogP contribution in [0.15, 0.2) is 30.3 Å². The SMILES string of the molecule is CC(C)(C)c1ccc2c(c1)=c1cc(C(C)(C)C)cc(O)c1=2. The molecule has 0 bridgehead atoms. The van der Waals surface area contributed by atoms with Crippen LogP contribution in [0.5, 0.6) is 5.75 Å². The average molecular weight is 280 g/mol. The monoisotopic (exact) mass is 280 g/mol. The Bertz CT molecular complexity index is 907. The standard InChI is InChI=1S/C20H24O/c1-19(2,3)12-7-8-14-15(9-12)16-10-13(20(4,5)6)11-17(21)18(14)16/h7-11,21H,1-6H3. The number of hydrogen-bond donors (Lipinski definition) is 1. The Balaban J connectivity index is 2.36. The molecule has 0 saturated carbocycles. The van der Waals surface area contributed by atoms with Gasteiger partial charge in [-0.05, 0) is 55.8 Å². The van der Waals surface area contributed by atoms with Crippen LogP contribution in [-0.2, 0) is 10.8 Å². The fourth-order valence-electron chi connectivity index (χ4n) is 2.94. The number of rotatable bonds is 0. The van der Waals surface area contributed by atoms with Gasteiger partial charge in [-0.15, -0.1) is 0 Å². The zero-order valence-corrected chi connectivity index (χ0v) is 13.8. The molecule has 0 spiro atoms. The summed E-state index contributed by atoms with van der Waals surface area (Å²) < 4.78 is 0. The zero-order chi connectivity index (χ0) is 15.6. The topological polar surface area (TPSA) is 20.2 Å². The van der Waals surface area contributed by atoms with Gasteiger partial charge in [0.05, 0.1) is 0 Å². The third-order valence-corrected chi connectivity index (χ3v) is 4.43. The van der Waals surface area contributed by atoms with Crippen molar-refractivity contribution >= 4 is 0 Å². The molecule has 2 aromatic carbocycles. The highest BCUT2D eigenvalue weighted by Crippen LogP contribution is 2.31. The van der Waals surface area contributed by atoms with Gasteiger partial charge in [0.2, 0.25) is 0 Å². The third kappa shape index (κ3) is 2.16. The van der Waals surface area contributed by atoms with Crippen molar-refractivity contribution in [2.45, 2.75) is 52.4 Å². The summed E-state index contributed by atoms with van der Waals surface area (Å²) in [6, 6.07) is 10.8. The van der Waals surface area contributed by atoms with Crippen molar-refractivity contribution in [1.82, 2.24) is 0 Å². The van der Waals surface area contributed by atoms with Gasteiger partial charge in [0.15, 0.2) is 0 Å². The van der Waals surface area contributed by atoms with Crippen LogP contribution in [0, 0.1) is 20.9 Å². The van der Waals surface area contributed by atoms with Crippen LogP contribution in [-0.4, -0.2) is 5.11 Å². The number of aromatic hydroxyl groups is 1. The summed E-state index contributed by atoms with van der Waals surface area (Å²) in [6.07, 6.45) is 0. The van der Waals surface area contributed by atoms with E-state index in [-0.39, 0.29) is 10.8 Å². The Morgan fingerprint density at radius 2 is 1.24 bits per heavy atom. The van der Waals surface area contributed by atoms with E-state index in [1.54, 1.807) is 0 Å². The molecule has 0 aromatic heterocycles. The molecule has 0 fully saturated rings. The summed E-state index contributed by atoms with van der Waals surface area (Å²) in [7, 11) is 0. The molecule has 1 aliphatic carbocycles. The minimum atomic E-state index is 0.0455. The molecule has 0 atom stereocenters. The lowest BCUT2D eigenvalue weighted by Crippen LogP contribution is -2.13. The number of hydrogen-bond acceptors (Lipinski definition) is 1. The Hall–Kier alpha value is -1.76. The molecular formula is C20H24O. The maximum Gasteiger partial charge on any atom is 0.124 e. The van der Waals surface area contributed by atoms with Crippen molar-refractivity contribution in [1.29, 1.82) is 0 Å². The van der Waals surface area contributed by atoms with E-state index in [1.165, 1.54) is 26.8 Å². The smallest absolute Gasteiger partial charge is 0.124 e. The Morgan fingerprint density at radius 3 is 1.81 bits per heavy atom. The minimum Gasteiger partial charge on any atom is -0.507 e. The van der Waals surface area contributed by atoms with Crippen LogP contribution < -0.4 is 0 Å². The lowest BCUT2D eigenvalue weighted by atomic mass is 9.82. The van der Waals surface area contributed by atoms with Crippen LogP contribution in [0.25, 0.3) is 0 Å². The van der Waals surface area contributed by atoms with Gasteiger partial charge in [-0.25, -0.2) is 0 Å². The van der Waals surface area contributed by atoms with E-state index in [0.29, 0.717) is 5.75 Å². The van der Waals surface area contributed by atoms with Crippen molar-refractivity contribution in [3.63, 3.8) is 0 Å². The van der Waals surface area contributed by atoms with Crippen LogP contribution in [0.3, 0.4) is 0 Å². The molecule has 2 aromatic rings. The molecule has 0 aliphatic heterocycles. The highest BCUT2D eigenvalue weighted by atomic mass is 16.3. The fourth-order valence-corrected chi connectivity index (χ4v) is 2.94.